The minimum Gasteiger partial charge on any atom is -0.395 e. The maximum Gasteiger partial charge on any atom is 0.146 e. The molecule has 0 aliphatic rings. The lowest BCUT2D eigenvalue weighted by molar-refractivity contribution is 0.295. The third kappa shape index (κ3) is 3.91. The molecule has 0 unspecified atom stereocenters. The van der Waals surface area contributed by atoms with Crippen LogP contribution in [0.25, 0.3) is 0 Å². The van der Waals surface area contributed by atoms with Crippen LogP contribution in [0.15, 0.2) is 18.2 Å². The average molecular weight is 268 g/mol. The van der Waals surface area contributed by atoms with Crippen molar-refractivity contribution in [3.63, 3.8) is 0 Å². The van der Waals surface area contributed by atoms with Gasteiger partial charge in [-0.15, -0.1) is 0 Å². The van der Waals surface area contributed by atoms with Crippen molar-refractivity contribution in [3.8, 4) is 0 Å². The van der Waals surface area contributed by atoms with Crippen molar-refractivity contribution in [1.82, 2.24) is 0 Å². The molecule has 1 aromatic rings. The second-order valence-electron chi connectivity index (χ2n) is 4.89. The molecule has 0 amide bonds. The van der Waals surface area contributed by atoms with Gasteiger partial charge in [-0.25, -0.2) is 4.39 Å². The lowest BCUT2D eigenvalue weighted by Crippen LogP contribution is -2.37. The number of aliphatic hydroxyl groups is 1. The number of hydrogen-bond acceptors (Lipinski definition) is 3. The normalized spacial score (nSPS) is 12.8. The highest BCUT2D eigenvalue weighted by molar-refractivity contribution is 5.50. The number of aliphatic hydroxyl groups excluding tert-OH is 1. The Kier molecular flexibility index (Phi) is 6.25. The number of nitrogens with zero attached hydrogens (tertiary/aromatic N) is 1. The summed E-state index contributed by atoms with van der Waals surface area (Å²) in [5.41, 5.74) is 7.09. The second-order valence-corrected chi connectivity index (χ2v) is 4.89. The van der Waals surface area contributed by atoms with Gasteiger partial charge in [0.05, 0.1) is 12.3 Å². The van der Waals surface area contributed by atoms with Crippen LogP contribution in [-0.2, 0) is 0 Å². The predicted molar refractivity (Wildman–Crippen MR) is 77.8 cm³/mol. The maximum atomic E-state index is 14.2. The molecule has 0 aromatic heterocycles. The fourth-order valence-electron chi connectivity index (χ4n) is 2.38. The molecule has 0 radical (unpaired) electrons. The van der Waals surface area contributed by atoms with Crippen LogP contribution in [0.2, 0.25) is 0 Å². The fraction of sp³-hybridized carbons (Fsp3) is 0.600. The van der Waals surface area contributed by atoms with Crippen molar-refractivity contribution >= 4 is 5.69 Å². The molecule has 4 heteroatoms. The molecule has 0 fully saturated rings. The summed E-state index contributed by atoms with van der Waals surface area (Å²) in [6, 6.07) is 5.18. The monoisotopic (exact) mass is 268 g/mol. The van der Waals surface area contributed by atoms with E-state index in [1.165, 1.54) is 6.07 Å². The lowest BCUT2D eigenvalue weighted by Gasteiger charge is -2.32. The topological polar surface area (TPSA) is 49.5 Å². The van der Waals surface area contributed by atoms with Crippen molar-refractivity contribution < 1.29 is 9.50 Å². The standard InChI is InChI=1S/C15H25FN2O/c1-4-13(5-2)18(8-9-19)15-7-6-12(11(3)17)10-14(15)16/h6-7,10-11,13,19H,4-5,8-9,17H2,1-3H3/t11-/m1/s1. The molecular formula is C15H25FN2O. The Balaban J connectivity index is 3.08. The molecule has 0 bridgehead atoms. The number of nitrogens with two attached hydrogens (primary N) is 1. The van der Waals surface area contributed by atoms with Gasteiger partial charge in [-0.1, -0.05) is 19.9 Å². The Morgan fingerprint density at radius 2 is 1.95 bits per heavy atom. The van der Waals surface area contributed by atoms with Gasteiger partial charge in [0.15, 0.2) is 0 Å². The van der Waals surface area contributed by atoms with Gasteiger partial charge in [-0.05, 0) is 37.5 Å². The van der Waals surface area contributed by atoms with Crippen molar-refractivity contribution in [2.75, 3.05) is 18.1 Å². The van der Waals surface area contributed by atoms with Crippen molar-refractivity contribution in [3.05, 3.63) is 29.6 Å². The van der Waals surface area contributed by atoms with E-state index >= 15 is 0 Å². The molecule has 1 aromatic carbocycles. The first kappa shape index (κ1) is 15.9. The van der Waals surface area contributed by atoms with E-state index in [9.17, 15) is 9.50 Å². The van der Waals surface area contributed by atoms with Gasteiger partial charge < -0.3 is 15.7 Å². The van der Waals surface area contributed by atoms with Gasteiger partial charge in [0.2, 0.25) is 0 Å². The Morgan fingerprint density at radius 1 is 1.32 bits per heavy atom. The third-order valence-electron chi connectivity index (χ3n) is 3.53. The van der Waals surface area contributed by atoms with E-state index in [1.807, 2.05) is 17.9 Å². The summed E-state index contributed by atoms with van der Waals surface area (Å²) in [5, 5.41) is 9.19. The molecule has 0 aliphatic heterocycles. The van der Waals surface area contributed by atoms with Crippen molar-refractivity contribution in [2.24, 2.45) is 5.73 Å². The van der Waals surface area contributed by atoms with Crippen LogP contribution in [0.3, 0.4) is 0 Å². The Bertz CT molecular complexity index is 392. The smallest absolute Gasteiger partial charge is 0.146 e. The minimum absolute atomic E-state index is 0.0188. The molecule has 3 nitrogen and oxygen atoms in total. The summed E-state index contributed by atoms with van der Waals surface area (Å²) in [6.07, 6.45) is 1.84. The van der Waals surface area contributed by atoms with Gasteiger partial charge in [0, 0.05) is 18.6 Å². The molecule has 0 heterocycles. The lowest BCUT2D eigenvalue weighted by atomic mass is 10.1. The van der Waals surface area contributed by atoms with Gasteiger partial charge >= 0.3 is 0 Å². The zero-order chi connectivity index (χ0) is 14.4. The summed E-state index contributed by atoms with van der Waals surface area (Å²) >= 11 is 0. The summed E-state index contributed by atoms with van der Waals surface area (Å²) in [6.45, 7) is 6.45. The molecular weight excluding hydrogens is 243 g/mol. The van der Waals surface area contributed by atoms with E-state index in [0.29, 0.717) is 12.2 Å². The summed E-state index contributed by atoms with van der Waals surface area (Å²) in [7, 11) is 0. The maximum absolute atomic E-state index is 14.2. The summed E-state index contributed by atoms with van der Waals surface area (Å²) < 4.78 is 14.2. The molecule has 0 aliphatic carbocycles. The average Bonchev–Trinajstić information content (AvgIpc) is 2.39. The minimum atomic E-state index is -0.268. The van der Waals surface area contributed by atoms with Crippen LogP contribution >= 0.6 is 0 Å². The molecule has 1 atom stereocenters. The number of rotatable bonds is 7. The first-order valence-corrected chi connectivity index (χ1v) is 6.97. The van der Waals surface area contributed by atoms with Gasteiger partial charge in [0.1, 0.15) is 5.82 Å². The van der Waals surface area contributed by atoms with Crippen LogP contribution < -0.4 is 10.6 Å². The SMILES string of the molecule is CCC(CC)N(CCO)c1ccc([C@@H](C)N)cc1F. The van der Waals surface area contributed by atoms with Crippen LogP contribution in [0.4, 0.5) is 10.1 Å². The molecule has 3 N–H and O–H groups in total. The van der Waals surface area contributed by atoms with Crippen LogP contribution in [-0.4, -0.2) is 24.3 Å². The van der Waals surface area contributed by atoms with Gasteiger partial charge in [0.25, 0.3) is 0 Å². The molecule has 0 saturated carbocycles. The Labute approximate surface area is 115 Å². The number of halogens is 1. The highest BCUT2D eigenvalue weighted by Gasteiger charge is 2.19. The van der Waals surface area contributed by atoms with E-state index in [2.05, 4.69) is 13.8 Å². The molecule has 19 heavy (non-hydrogen) atoms. The second kappa shape index (κ2) is 7.46. The number of anilines is 1. The number of benzene rings is 1. The summed E-state index contributed by atoms with van der Waals surface area (Å²) in [5.74, 6) is -0.268. The van der Waals surface area contributed by atoms with Crippen LogP contribution in [0, 0.1) is 5.82 Å². The van der Waals surface area contributed by atoms with E-state index in [1.54, 1.807) is 6.07 Å². The largest absolute Gasteiger partial charge is 0.395 e. The highest BCUT2D eigenvalue weighted by atomic mass is 19.1. The third-order valence-corrected chi connectivity index (χ3v) is 3.53. The zero-order valence-electron chi connectivity index (χ0n) is 12.1. The van der Waals surface area contributed by atoms with Gasteiger partial charge in [-0.2, -0.15) is 0 Å². The van der Waals surface area contributed by atoms with E-state index in [4.69, 9.17) is 5.73 Å². The van der Waals surface area contributed by atoms with Gasteiger partial charge in [-0.3, -0.25) is 0 Å². The quantitative estimate of drug-likeness (QED) is 0.799. The molecule has 108 valence electrons. The molecule has 0 spiro atoms. The highest BCUT2D eigenvalue weighted by Crippen LogP contribution is 2.26. The number of hydrogen-bond donors (Lipinski definition) is 2. The molecule has 1 rings (SSSR count). The van der Waals surface area contributed by atoms with Crippen LogP contribution in [0.1, 0.15) is 45.2 Å². The molecule has 0 saturated heterocycles. The predicted octanol–water partition coefficient (Wildman–Crippen LogP) is 2.83. The van der Waals surface area contributed by atoms with Crippen molar-refractivity contribution in [1.29, 1.82) is 0 Å². The van der Waals surface area contributed by atoms with Crippen molar-refractivity contribution in [2.45, 2.75) is 45.7 Å². The zero-order valence-corrected chi connectivity index (χ0v) is 12.1. The first-order valence-electron chi connectivity index (χ1n) is 6.97. The fourth-order valence-corrected chi connectivity index (χ4v) is 2.38. The van der Waals surface area contributed by atoms with E-state index in [0.717, 1.165) is 18.4 Å². The van der Waals surface area contributed by atoms with E-state index < -0.39 is 0 Å². The van der Waals surface area contributed by atoms with E-state index in [-0.39, 0.29) is 24.5 Å². The first-order chi connectivity index (χ1) is 9.04. The van der Waals surface area contributed by atoms with Crippen LogP contribution in [0.5, 0.6) is 0 Å². The Morgan fingerprint density at radius 3 is 2.37 bits per heavy atom. The Hall–Kier alpha value is -1.13. The summed E-state index contributed by atoms with van der Waals surface area (Å²) in [4.78, 5) is 1.94.